The van der Waals surface area contributed by atoms with Crippen molar-refractivity contribution in [3.63, 3.8) is 0 Å². The molecule has 2 rings (SSSR count). The van der Waals surface area contributed by atoms with E-state index in [4.69, 9.17) is 11.6 Å². The summed E-state index contributed by atoms with van der Waals surface area (Å²) < 4.78 is 0. The van der Waals surface area contributed by atoms with Crippen LogP contribution in [0.5, 0.6) is 5.75 Å². The lowest BCUT2D eigenvalue weighted by Gasteiger charge is -2.27. The van der Waals surface area contributed by atoms with E-state index in [1.807, 2.05) is 0 Å². The third kappa shape index (κ3) is 2.96. The Morgan fingerprint density at radius 1 is 1.39 bits per heavy atom. The van der Waals surface area contributed by atoms with Crippen LogP contribution in [0.1, 0.15) is 41.6 Å². The third-order valence-electron chi connectivity index (χ3n) is 3.46. The molecule has 0 bridgehead atoms. The molecule has 0 saturated heterocycles. The van der Waals surface area contributed by atoms with Gasteiger partial charge in [-0.3, -0.25) is 4.79 Å². The van der Waals surface area contributed by atoms with E-state index < -0.39 is 0 Å². The summed E-state index contributed by atoms with van der Waals surface area (Å²) in [5, 5.41) is 12.4. The summed E-state index contributed by atoms with van der Waals surface area (Å²) in [5.41, 5.74) is 1.27. The Balaban J connectivity index is 2.04. The van der Waals surface area contributed by atoms with Gasteiger partial charge in [0.1, 0.15) is 5.75 Å². The quantitative estimate of drug-likeness (QED) is 0.810. The lowest BCUT2D eigenvalue weighted by Crippen LogP contribution is -2.42. The lowest BCUT2D eigenvalue weighted by molar-refractivity contribution is 0.0928. The molecule has 4 heteroatoms. The Hall–Kier alpha value is -1.22. The Kier molecular flexibility index (Phi) is 4.12. The van der Waals surface area contributed by atoms with Gasteiger partial charge < -0.3 is 10.4 Å². The highest BCUT2D eigenvalue weighted by Gasteiger charge is 2.24. The van der Waals surface area contributed by atoms with E-state index in [0.717, 1.165) is 25.7 Å². The van der Waals surface area contributed by atoms with Crippen LogP contribution in [-0.4, -0.2) is 22.4 Å². The fourth-order valence-electron chi connectivity index (χ4n) is 2.30. The Bertz CT molecular complexity index is 447. The van der Waals surface area contributed by atoms with E-state index in [2.05, 4.69) is 5.32 Å². The number of carbonyl (C=O) groups excluding carboxylic acids is 1. The maximum atomic E-state index is 12.1. The van der Waals surface area contributed by atoms with E-state index in [-0.39, 0.29) is 23.1 Å². The monoisotopic (exact) mass is 267 g/mol. The number of nitrogens with one attached hydrogen (secondary N) is 1. The molecule has 1 saturated carbocycles. The van der Waals surface area contributed by atoms with Crippen molar-refractivity contribution in [1.82, 2.24) is 5.32 Å². The van der Waals surface area contributed by atoms with E-state index in [1.54, 1.807) is 25.1 Å². The van der Waals surface area contributed by atoms with Gasteiger partial charge in [0, 0.05) is 11.6 Å². The Morgan fingerprint density at radius 2 is 2.11 bits per heavy atom. The highest BCUT2D eigenvalue weighted by atomic mass is 35.5. The molecule has 2 unspecified atom stereocenters. The number of rotatable bonds is 2. The molecule has 0 aromatic heterocycles. The third-order valence-corrected chi connectivity index (χ3v) is 3.98. The number of carbonyl (C=O) groups is 1. The molecule has 1 aromatic carbocycles. The number of halogens is 1. The van der Waals surface area contributed by atoms with Gasteiger partial charge in [-0.2, -0.15) is 0 Å². The molecule has 0 spiro atoms. The molecular weight excluding hydrogens is 250 g/mol. The molecule has 0 heterocycles. The van der Waals surface area contributed by atoms with Crippen molar-refractivity contribution in [1.29, 1.82) is 0 Å². The van der Waals surface area contributed by atoms with Gasteiger partial charge in [0.15, 0.2) is 0 Å². The molecule has 1 aliphatic rings. The zero-order chi connectivity index (χ0) is 13.1. The van der Waals surface area contributed by atoms with Crippen LogP contribution in [0.4, 0.5) is 0 Å². The van der Waals surface area contributed by atoms with Gasteiger partial charge in [-0.05, 0) is 43.5 Å². The normalized spacial score (nSPS) is 23.7. The summed E-state index contributed by atoms with van der Waals surface area (Å²) in [7, 11) is 0. The minimum Gasteiger partial charge on any atom is -0.508 e. The van der Waals surface area contributed by atoms with E-state index in [1.165, 1.54) is 0 Å². The van der Waals surface area contributed by atoms with Crippen molar-refractivity contribution in [2.24, 2.45) is 0 Å². The molecule has 3 nitrogen and oxygen atoms in total. The molecule has 0 aliphatic heterocycles. The lowest BCUT2D eigenvalue weighted by atomic mass is 9.94. The van der Waals surface area contributed by atoms with E-state index in [0.29, 0.717) is 11.1 Å². The number of aromatic hydroxyl groups is 1. The van der Waals surface area contributed by atoms with Gasteiger partial charge in [-0.25, -0.2) is 0 Å². The SMILES string of the molecule is Cc1cc(C(=O)NC2CCCCC2Cl)ccc1O. The largest absolute Gasteiger partial charge is 0.508 e. The van der Waals surface area contributed by atoms with Crippen LogP contribution in [0.25, 0.3) is 0 Å². The van der Waals surface area contributed by atoms with Crippen molar-refractivity contribution in [2.75, 3.05) is 0 Å². The van der Waals surface area contributed by atoms with Gasteiger partial charge >= 0.3 is 0 Å². The van der Waals surface area contributed by atoms with Crippen LogP contribution < -0.4 is 5.32 Å². The van der Waals surface area contributed by atoms with Gasteiger partial charge in [-0.1, -0.05) is 12.8 Å². The van der Waals surface area contributed by atoms with Crippen LogP contribution in [0.2, 0.25) is 0 Å². The predicted octanol–water partition coefficient (Wildman–Crippen LogP) is 2.98. The van der Waals surface area contributed by atoms with Crippen molar-refractivity contribution >= 4 is 17.5 Å². The van der Waals surface area contributed by atoms with Crippen molar-refractivity contribution in [3.8, 4) is 5.75 Å². The standard InChI is InChI=1S/C14H18ClNO2/c1-9-8-10(6-7-13(9)17)14(18)16-12-5-3-2-4-11(12)15/h6-8,11-12,17H,2-5H2,1H3,(H,16,18). The number of alkyl halides is 1. The van der Waals surface area contributed by atoms with E-state index in [9.17, 15) is 9.90 Å². The highest BCUT2D eigenvalue weighted by molar-refractivity contribution is 6.21. The smallest absolute Gasteiger partial charge is 0.251 e. The molecule has 1 aliphatic carbocycles. The summed E-state index contributed by atoms with van der Waals surface area (Å²) in [6.07, 6.45) is 4.15. The predicted molar refractivity (Wildman–Crippen MR) is 72.2 cm³/mol. The first-order chi connectivity index (χ1) is 8.58. The fourth-order valence-corrected chi connectivity index (χ4v) is 2.64. The maximum absolute atomic E-state index is 12.1. The molecule has 1 fully saturated rings. The van der Waals surface area contributed by atoms with E-state index >= 15 is 0 Å². The van der Waals surface area contributed by atoms with Crippen molar-refractivity contribution in [3.05, 3.63) is 29.3 Å². The zero-order valence-electron chi connectivity index (χ0n) is 10.4. The van der Waals surface area contributed by atoms with Crippen LogP contribution in [0, 0.1) is 6.92 Å². The minimum atomic E-state index is -0.115. The molecule has 0 radical (unpaired) electrons. The first kappa shape index (κ1) is 13.2. The Labute approximate surface area is 112 Å². The van der Waals surface area contributed by atoms with Crippen LogP contribution >= 0.6 is 11.6 Å². The van der Waals surface area contributed by atoms with Crippen LogP contribution in [0.15, 0.2) is 18.2 Å². The molecule has 2 atom stereocenters. The second-order valence-corrected chi connectivity index (χ2v) is 5.44. The Morgan fingerprint density at radius 3 is 2.78 bits per heavy atom. The zero-order valence-corrected chi connectivity index (χ0v) is 11.2. The summed E-state index contributed by atoms with van der Waals surface area (Å²) in [6.45, 7) is 1.77. The molecule has 2 N–H and O–H groups in total. The van der Waals surface area contributed by atoms with Gasteiger partial charge in [0.2, 0.25) is 0 Å². The highest BCUT2D eigenvalue weighted by Crippen LogP contribution is 2.23. The fraction of sp³-hybridized carbons (Fsp3) is 0.500. The average Bonchev–Trinajstić information content (AvgIpc) is 2.35. The van der Waals surface area contributed by atoms with Crippen molar-refractivity contribution in [2.45, 2.75) is 44.0 Å². The van der Waals surface area contributed by atoms with Gasteiger partial charge in [0.25, 0.3) is 5.91 Å². The number of hydrogen-bond donors (Lipinski definition) is 2. The van der Waals surface area contributed by atoms with Crippen LogP contribution in [0.3, 0.4) is 0 Å². The average molecular weight is 268 g/mol. The topological polar surface area (TPSA) is 49.3 Å². The summed E-state index contributed by atoms with van der Waals surface area (Å²) in [5.74, 6) is 0.0927. The molecule has 98 valence electrons. The molecular formula is C14H18ClNO2. The molecule has 1 aromatic rings. The number of aryl methyl sites for hydroxylation is 1. The first-order valence-corrected chi connectivity index (χ1v) is 6.76. The summed E-state index contributed by atoms with van der Waals surface area (Å²) in [4.78, 5) is 12.1. The second-order valence-electron chi connectivity index (χ2n) is 4.88. The first-order valence-electron chi connectivity index (χ1n) is 6.32. The second kappa shape index (κ2) is 5.61. The van der Waals surface area contributed by atoms with Crippen LogP contribution in [-0.2, 0) is 0 Å². The van der Waals surface area contributed by atoms with Crippen molar-refractivity contribution < 1.29 is 9.90 Å². The number of hydrogen-bond acceptors (Lipinski definition) is 2. The molecule has 18 heavy (non-hydrogen) atoms. The van der Waals surface area contributed by atoms with Gasteiger partial charge in [-0.15, -0.1) is 11.6 Å². The number of phenols is 1. The number of amides is 1. The van der Waals surface area contributed by atoms with Gasteiger partial charge in [0.05, 0.1) is 5.38 Å². The minimum absolute atomic E-state index is 0.0286. The number of benzene rings is 1. The number of phenolic OH excluding ortho intramolecular Hbond substituents is 1. The summed E-state index contributed by atoms with van der Waals surface area (Å²) >= 11 is 6.22. The summed E-state index contributed by atoms with van der Waals surface area (Å²) in [6, 6.07) is 4.92. The maximum Gasteiger partial charge on any atom is 0.251 e. The molecule has 1 amide bonds.